The van der Waals surface area contributed by atoms with E-state index in [1.165, 1.54) is 6.07 Å². The van der Waals surface area contributed by atoms with Gasteiger partial charge in [0.25, 0.3) is 0 Å². The Hall–Kier alpha value is -1.52. The van der Waals surface area contributed by atoms with Crippen LogP contribution in [0, 0.1) is 0 Å². The second kappa shape index (κ2) is 5.89. The van der Waals surface area contributed by atoms with Crippen LogP contribution in [0.1, 0.15) is 18.0 Å². The molecule has 2 rings (SSSR count). The minimum Gasteiger partial charge on any atom is -0.508 e. The summed E-state index contributed by atoms with van der Waals surface area (Å²) in [6.45, 7) is 7.67. The standard InChI is InChI=1S/C14H20N2O2/c1-2-3-14(16-6-4-15-5-7-16)11-8-12(17)10-13(18)9-11/h2,8-10,14-15,17-18H,1,3-7H2/t14-/m0/s1. The van der Waals surface area contributed by atoms with Crippen LogP contribution in [0.5, 0.6) is 11.5 Å². The van der Waals surface area contributed by atoms with Gasteiger partial charge in [0.15, 0.2) is 0 Å². The van der Waals surface area contributed by atoms with Crippen LogP contribution in [0.15, 0.2) is 30.9 Å². The summed E-state index contributed by atoms with van der Waals surface area (Å²) in [5, 5.41) is 22.5. The Balaban J connectivity index is 2.24. The van der Waals surface area contributed by atoms with Crippen molar-refractivity contribution in [3.8, 4) is 11.5 Å². The van der Waals surface area contributed by atoms with Crippen molar-refractivity contribution in [3.63, 3.8) is 0 Å². The van der Waals surface area contributed by atoms with Gasteiger partial charge in [-0.05, 0) is 24.1 Å². The molecular formula is C14H20N2O2. The summed E-state index contributed by atoms with van der Waals surface area (Å²) < 4.78 is 0. The zero-order valence-electron chi connectivity index (χ0n) is 10.5. The highest BCUT2D eigenvalue weighted by atomic mass is 16.3. The molecule has 0 spiro atoms. The van der Waals surface area contributed by atoms with E-state index in [1.807, 2.05) is 6.08 Å². The highest BCUT2D eigenvalue weighted by Gasteiger charge is 2.21. The minimum atomic E-state index is 0.106. The van der Waals surface area contributed by atoms with Crippen molar-refractivity contribution >= 4 is 0 Å². The Kier molecular flexibility index (Phi) is 4.23. The molecule has 1 heterocycles. The molecule has 0 saturated carbocycles. The lowest BCUT2D eigenvalue weighted by Crippen LogP contribution is -2.45. The highest BCUT2D eigenvalue weighted by molar-refractivity contribution is 5.38. The lowest BCUT2D eigenvalue weighted by Gasteiger charge is -2.34. The van der Waals surface area contributed by atoms with Crippen LogP contribution < -0.4 is 5.32 Å². The van der Waals surface area contributed by atoms with Gasteiger partial charge >= 0.3 is 0 Å². The molecule has 98 valence electrons. The fourth-order valence-corrected chi connectivity index (χ4v) is 2.46. The fraction of sp³-hybridized carbons (Fsp3) is 0.429. The van der Waals surface area contributed by atoms with Gasteiger partial charge in [-0.15, -0.1) is 6.58 Å². The molecule has 0 aliphatic carbocycles. The van der Waals surface area contributed by atoms with E-state index in [4.69, 9.17) is 0 Å². The number of phenols is 2. The number of aromatic hydroxyl groups is 2. The summed E-state index contributed by atoms with van der Waals surface area (Å²) in [7, 11) is 0. The smallest absolute Gasteiger partial charge is 0.119 e. The second-order valence-electron chi connectivity index (χ2n) is 4.61. The summed E-state index contributed by atoms with van der Waals surface area (Å²) in [4.78, 5) is 2.35. The number of nitrogens with one attached hydrogen (secondary N) is 1. The number of nitrogens with zero attached hydrogens (tertiary/aromatic N) is 1. The van der Waals surface area contributed by atoms with E-state index in [2.05, 4.69) is 16.8 Å². The Bertz CT molecular complexity index is 394. The summed E-state index contributed by atoms with van der Waals surface area (Å²) in [6.07, 6.45) is 2.69. The topological polar surface area (TPSA) is 55.7 Å². The van der Waals surface area contributed by atoms with Crippen LogP contribution in [-0.2, 0) is 0 Å². The lowest BCUT2D eigenvalue weighted by molar-refractivity contribution is 0.174. The number of phenolic OH excluding ortho intramolecular Hbond substituents is 2. The van der Waals surface area contributed by atoms with E-state index in [-0.39, 0.29) is 17.5 Å². The first-order chi connectivity index (χ1) is 8.70. The molecule has 0 aromatic heterocycles. The van der Waals surface area contributed by atoms with Gasteiger partial charge in [-0.2, -0.15) is 0 Å². The van der Waals surface area contributed by atoms with E-state index < -0.39 is 0 Å². The monoisotopic (exact) mass is 248 g/mol. The molecule has 18 heavy (non-hydrogen) atoms. The Labute approximate surface area is 108 Å². The normalized spacial score (nSPS) is 18.4. The highest BCUT2D eigenvalue weighted by Crippen LogP contribution is 2.30. The minimum absolute atomic E-state index is 0.106. The third-order valence-corrected chi connectivity index (χ3v) is 3.29. The number of rotatable bonds is 4. The van der Waals surface area contributed by atoms with E-state index in [1.54, 1.807) is 12.1 Å². The van der Waals surface area contributed by atoms with E-state index >= 15 is 0 Å². The molecule has 1 fully saturated rings. The molecule has 1 aromatic carbocycles. The van der Waals surface area contributed by atoms with E-state index in [9.17, 15) is 10.2 Å². The van der Waals surface area contributed by atoms with E-state index in [0.29, 0.717) is 0 Å². The molecule has 1 aliphatic heterocycles. The first-order valence-electron chi connectivity index (χ1n) is 6.29. The van der Waals surface area contributed by atoms with Crippen molar-refractivity contribution in [2.45, 2.75) is 12.5 Å². The lowest BCUT2D eigenvalue weighted by atomic mass is 10.0. The van der Waals surface area contributed by atoms with Crippen LogP contribution in [0.4, 0.5) is 0 Å². The maximum atomic E-state index is 9.59. The maximum absolute atomic E-state index is 9.59. The van der Waals surface area contributed by atoms with Crippen molar-refractivity contribution in [3.05, 3.63) is 36.4 Å². The third kappa shape index (κ3) is 3.03. The number of hydrogen-bond acceptors (Lipinski definition) is 4. The zero-order valence-corrected chi connectivity index (χ0v) is 10.5. The van der Waals surface area contributed by atoms with Crippen molar-refractivity contribution in [1.29, 1.82) is 0 Å². The van der Waals surface area contributed by atoms with Gasteiger partial charge in [0.2, 0.25) is 0 Å². The summed E-state index contributed by atoms with van der Waals surface area (Å²) in [5.41, 5.74) is 0.939. The number of piperazine rings is 1. The van der Waals surface area contributed by atoms with Gasteiger partial charge < -0.3 is 15.5 Å². The summed E-state index contributed by atoms with van der Waals surface area (Å²) in [5.74, 6) is 0.211. The molecule has 1 saturated heterocycles. The first kappa shape index (κ1) is 12.9. The Morgan fingerprint density at radius 3 is 2.39 bits per heavy atom. The largest absolute Gasteiger partial charge is 0.508 e. The van der Waals surface area contributed by atoms with Crippen LogP contribution in [-0.4, -0.2) is 41.3 Å². The molecule has 0 radical (unpaired) electrons. The Morgan fingerprint density at radius 1 is 1.22 bits per heavy atom. The molecule has 1 atom stereocenters. The fourth-order valence-electron chi connectivity index (χ4n) is 2.46. The Morgan fingerprint density at radius 2 is 1.83 bits per heavy atom. The van der Waals surface area contributed by atoms with Crippen LogP contribution >= 0.6 is 0 Å². The van der Waals surface area contributed by atoms with Gasteiger partial charge in [0.05, 0.1) is 0 Å². The van der Waals surface area contributed by atoms with Gasteiger partial charge in [0, 0.05) is 38.3 Å². The molecule has 3 N–H and O–H groups in total. The van der Waals surface area contributed by atoms with Gasteiger partial charge in [-0.25, -0.2) is 0 Å². The van der Waals surface area contributed by atoms with Crippen molar-refractivity contribution in [2.24, 2.45) is 0 Å². The second-order valence-corrected chi connectivity index (χ2v) is 4.61. The van der Waals surface area contributed by atoms with Gasteiger partial charge in [-0.1, -0.05) is 6.08 Å². The molecule has 0 amide bonds. The van der Waals surface area contributed by atoms with Crippen molar-refractivity contribution < 1.29 is 10.2 Å². The quantitative estimate of drug-likeness (QED) is 0.709. The molecule has 0 bridgehead atoms. The first-order valence-corrected chi connectivity index (χ1v) is 6.29. The molecular weight excluding hydrogens is 228 g/mol. The van der Waals surface area contributed by atoms with Gasteiger partial charge in [-0.3, -0.25) is 4.90 Å². The van der Waals surface area contributed by atoms with Crippen molar-refractivity contribution in [2.75, 3.05) is 26.2 Å². The van der Waals surface area contributed by atoms with Gasteiger partial charge in [0.1, 0.15) is 11.5 Å². The van der Waals surface area contributed by atoms with Crippen LogP contribution in [0.2, 0.25) is 0 Å². The molecule has 1 aromatic rings. The average molecular weight is 248 g/mol. The average Bonchev–Trinajstić information content (AvgIpc) is 2.36. The van der Waals surface area contributed by atoms with Crippen LogP contribution in [0.3, 0.4) is 0 Å². The van der Waals surface area contributed by atoms with Crippen LogP contribution in [0.25, 0.3) is 0 Å². The SMILES string of the molecule is C=CC[C@@H](c1cc(O)cc(O)c1)N1CCNCC1. The molecule has 1 aliphatic rings. The molecule has 4 heteroatoms. The number of benzene rings is 1. The predicted molar refractivity (Wildman–Crippen MR) is 71.8 cm³/mol. The maximum Gasteiger partial charge on any atom is 0.119 e. The third-order valence-electron chi connectivity index (χ3n) is 3.29. The predicted octanol–water partition coefficient (Wildman–Crippen LogP) is 1.62. The summed E-state index contributed by atoms with van der Waals surface area (Å²) >= 11 is 0. The summed E-state index contributed by atoms with van der Waals surface area (Å²) in [6, 6.07) is 4.96. The zero-order chi connectivity index (χ0) is 13.0. The number of hydrogen-bond donors (Lipinski definition) is 3. The molecule has 0 unspecified atom stereocenters. The van der Waals surface area contributed by atoms with E-state index in [0.717, 1.165) is 38.2 Å². The van der Waals surface area contributed by atoms with Crippen molar-refractivity contribution in [1.82, 2.24) is 10.2 Å². The molecule has 4 nitrogen and oxygen atoms in total.